The van der Waals surface area contributed by atoms with E-state index in [1.165, 1.54) is 17.4 Å². The Kier molecular flexibility index (Phi) is 3.38. The number of amides is 1. The minimum absolute atomic E-state index is 0.0599. The molecule has 0 spiro atoms. The molecule has 2 heterocycles. The summed E-state index contributed by atoms with van der Waals surface area (Å²) in [6.07, 6.45) is 3.20. The van der Waals surface area contributed by atoms with E-state index in [0.717, 1.165) is 30.5 Å². The molecule has 1 saturated heterocycles. The van der Waals surface area contributed by atoms with Crippen LogP contribution < -0.4 is 5.73 Å². The second-order valence-corrected chi connectivity index (χ2v) is 6.35. The van der Waals surface area contributed by atoms with Gasteiger partial charge in [0.25, 0.3) is 5.91 Å². The van der Waals surface area contributed by atoms with Gasteiger partial charge >= 0.3 is 0 Å². The molecule has 1 aliphatic heterocycles. The minimum atomic E-state index is -0.359. The Balaban J connectivity index is 2.03. The SMILES string of the molecule is CC1CCCCN1C(=O)c1sc2cccc(F)c2c1N. The van der Waals surface area contributed by atoms with Crippen LogP contribution in [0.3, 0.4) is 0 Å². The van der Waals surface area contributed by atoms with E-state index in [-0.39, 0.29) is 23.5 Å². The summed E-state index contributed by atoms with van der Waals surface area (Å²) in [5, 5.41) is 0.380. The van der Waals surface area contributed by atoms with Crippen molar-refractivity contribution in [1.29, 1.82) is 0 Å². The van der Waals surface area contributed by atoms with Crippen LogP contribution in [0, 0.1) is 5.82 Å². The maximum absolute atomic E-state index is 13.8. The lowest BCUT2D eigenvalue weighted by Gasteiger charge is -2.33. The van der Waals surface area contributed by atoms with Crippen LogP contribution in [0.1, 0.15) is 35.9 Å². The van der Waals surface area contributed by atoms with Gasteiger partial charge < -0.3 is 10.6 Å². The molecule has 2 N–H and O–H groups in total. The molecule has 20 heavy (non-hydrogen) atoms. The lowest BCUT2D eigenvalue weighted by atomic mass is 10.0. The van der Waals surface area contributed by atoms with Gasteiger partial charge in [0, 0.05) is 17.3 Å². The monoisotopic (exact) mass is 292 g/mol. The third-order valence-electron chi connectivity index (χ3n) is 3.96. The molecule has 1 atom stereocenters. The molecule has 1 aromatic carbocycles. The Hall–Kier alpha value is -1.62. The molecule has 1 fully saturated rings. The second-order valence-electron chi connectivity index (χ2n) is 5.30. The van der Waals surface area contributed by atoms with Crippen molar-refractivity contribution in [3.8, 4) is 0 Å². The van der Waals surface area contributed by atoms with Gasteiger partial charge in [0.2, 0.25) is 0 Å². The van der Waals surface area contributed by atoms with Gasteiger partial charge in [0.05, 0.1) is 11.1 Å². The summed E-state index contributed by atoms with van der Waals surface area (Å²) in [7, 11) is 0. The number of carbonyl (C=O) groups excluding carboxylic acids is 1. The van der Waals surface area contributed by atoms with Gasteiger partial charge in [-0.05, 0) is 38.3 Å². The number of nitrogens with two attached hydrogens (primary N) is 1. The summed E-state index contributed by atoms with van der Waals surface area (Å²) in [5.74, 6) is -0.419. The highest BCUT2D eigenvalue weighted by atomic mass is 32.1. The predicted molar refractivity (Wildman–Crippen MR) is 80.5 cm³/mol. The quantitative estimate of drug-likeness (QED) is 0.872. The van der Waals surface area contributed by atoms with E-state index >= 15 is 0 Å². The third-order valence-corrected chi connectivity index (χ3v) is 5.12. The van der Waals surface area contributed by atoms with Crippen molar-refractivity contribution in [2.75, 3.05) is 12.3 Å². The zero-order valence-corrected chi connectivity index (χ0v) is 12.2. The number of anilines is 1. The molecular weight excluding hydrogens is 275 g/mol. The highest BCUT2D eigenvalue weighted by Crippen LogP contribution is 2.36. The molecule has 1 aromatic heterocycles. The number of thiophene rings is 1. The minimum Gasteiger partial charge on any atom is -0.397 e. The zero-order valence-electron chi connectivity index (χ0n) is 11.4. The summed E-state index contributed by atoms with van der Waals surface area (Å²) in [6, 6.07) is 5.05. The van der Waals surface area contributed by atoms with Crippen LogP contribution >= 0.6 is 11.3 Å². The van der Waals surface area contributed by atoms with E-state index in [9.17, 15) is 9.18 Å². The number of hydrogen-bond acceptors (Lipinski definition) is 3. The molecule has 0 radical (unpaired) electrons. The molecule has 3 nitrogen and oxygen atoms in total. The molecule has 2 aromatic rings. The number of rotatable bonds is 1. The highest BCUT2D eigenvalue weighted by Gasteiger charge is 2.28. The van der Waals surface area contributed by atoms with Crippen molar-refractivity contribution >= 4 is 33.0 Å². The van der Waals surface area contributed by atoms with Gasteiger partial charge in [0.15, 0.2) is 0 Å². The van der Waals surface area contributed by atoms with Crippen LogP contribution in [0.25, 0.3) is 10.1 Å². The van der Waals surface area contributed by atoms with Crippen molar-refractivity contribution in [1.82, 2.24) is 4.90 Å². The Bertz CT molecular complexity index is 667. The third kappa shape index (κ3) is 2.06. The van der Waals surface area contributed by atoms with Crippen LogP contribution in [0.4, 0.5) is 10.1 Å². The fraction of sp³-hybridized carbons (Fsp3) is 0.400. The van der Waals surface area contributed by atoms with E-state index < -0.39 is 0 Å². The average molecular weight is 292 g/mol. The molecule has 1 amide bonds. The average Bonchev–Trinajstić information content (AvgIpc) is 2.77. The van der Waals surface area contributed by atoms with Crippen LogP contribution in [0.5, 0.6) is 0 Å². The van der Waals surface area contributed by atoms with Crippen molar-refractivity contribution in [3.63, 3.8) is 0 Å². The fourth-order valence-corrected chi connectivity index (χ4v) is 3.91. The van der Waals surface area contributed by atoms with Crippen molar-refractivity contribution in [3.05, 3.63) is 28.9 Å². The van der Waals surface area contributed by atoms with Crippen molar-refractivity contribution < 1.29 is 9.18 Å². The molecule has 3 rings (SSSR count). The smallest absolute Gasteiger partial charge is 0.266 e. The van der Waals surface area contributed by atoms with Crippen LogP contribution in [0.2, 0.25) is 0 Å². The zero-order chi connectivity index (χ0) is 14.3. The number of likely N-dealkylation sites (tertiary alicyclic amines) is 1. The normalized spacial score (nSPS) is 19.5. The van der Waals surface area contributed by atoms with Gasteiger partial charge in [-0.15, -0.1) is 11.3 Å². The largest absolute Gasteiger partial charge is 0.397 e. The number of nitrogens with zero attached hydrogens (tertiary/aromatic N) is 1. The first-order chi connectivity index (χ1) is 9.59. The highest BCUT2D eigenvalue weighted by molar-refractivity contribution is 7.21. The molecule has 106 valence electrons. The molecule has 0 bridgehead atoms. The Morgan fingerprint density at radius 2 is 2.25 bits per heavy atom. The summed E-state index contributed by atoms with van der Waals surface area (Å²) in [5.41, 5.74) is 6.30. The van der Waals surface area contributed by atoms with E-state index in [1.807, 2.05) is 4.90 Å². The number of fused-ring (bicyclic) bond motifs is 1. The van der Waals surface area contributed by atoms with Gasteiger partial charge in [-0.1, -0.05) is 6.07 Å². The topological polar surface area (TPSA) is 46.3 Å². The first-order valence-corrected chi connectivity index (χ1v) is 7.68. The molecule has 1 aliphatic rings. The molecule has 0 saturated carbocycles. The molecule has 1 unspecified atom stereocenters. The first kappa shape index (κ1) is 13.4. The van der Waals surface area contributed by atoms with Crippen LogP contribution in [-0.2, 0) is 0 Å². The standard InChI is InChI=1S/C15H17FN2OS/c1-9-5-2-3-8-18(9)15(19)14-13(17)12-10(16)6-4-7-11(12)20-14/h4,6-7,9H,2-3,5,8,17H2,1H3. The van der Waals surface area contributed by atoms with Gasteiger partial charge in [0.1, 0.15) is 10.7 Å². The molecular formula is C15H17FN2OS. The summed E-state index contributed by atoms with van der Waals surface area (Å²) in [4.78, 5) is 15.0. The van der Waals surface area contributed by atoms with Crippen LogP contribution in [0.15, 0.2) is 18.2 Å². The van der Waals surface area contributed by atoms with Gasteiger partial charge in [-0.2, -0.15) is 0 Å². The fourth-order valence-electron chi connectivity index (χ4n) is 2.82. The van der Waals surface area contributed by atoms with Crippen molar-refractivity contribution in [2.24, 2.45) is 0 Å². The number of piperidine rings is 1. The van der Waals surface area contributed by atoms with Gasteiger partial charge in [-0.25, -0.2) is 4.39 Å². The lowest BCUT2D eigenvalue weighted by molar-refractivity contribution is 0.0642. The van der Waals surface area contributed by atoms with E-state index in [4.69, 9.17) is 5.73 Å². The van der Waals surface area contributed by atoms with Crippen molar-refractivity contribution in [2.45, 2.75) is 32.2 Å². The van der Waals surface area contributed by atoms with Gasteiger partial charge in [-0.3, -0.25) is 4.79 Å². The number of nitrogen functional groups attached to an aromatic ring is 1. The van der Waals surface area contributed by atoms with E-state index in [2.05, 4.69) is 6.92 Å². The predicted octanol–water partition coefficient (Wildman–Crippen LogP) is 3.64. The van der Waals surface area contributed by atoms with Crippen LogP contribution in [-0.4, -0.2) is 23.4 Å². The lowest BCUT2D eigenvalue weighted by Crippen LogP contribution is -2.41. The number of hydrogen-bond donors (Lipinski definition) is 1. The number of benzene rings is 1. The number of carbonyl (C=O) groups is 1. The molecule has 5 heteroatoms. The summed E-state index contributed by atoms with van der Waals surface area (Å²) >= 11 is 1.29. The molecule has 0 aliphatic carbocycles. The summed E-state index contributed by atoms with van der Waals surface area (Å²) < 4.78 is 14.6. The maximum atomic E-state index is 13.8. The Morgan fingerprint density at radius 1 is 1.45 bits per heavy atom. The first-order valence-electron chi connectivity index (χ1n) is 6.87. The maximum Gasteiger partial charge on any atom is 0.266 e. The Labute approximate surface area is 121 Å². The second kappa shape index (κ2) is 5.05. The summed E-state index contributed by atoms with van der Waals surface area (Å²) in [6.45, 7) is 2.82. The number of halogens is 1. The van der Waals surface area contributed by atoms with E-state index in [0.29, 0.717) is 10.3 Å². The van der Waals surface area contributed by atoms with E-state index in [1.54, 1.807) is 12.1 Å². The Morgan fingerprint density at radius 3 is 2.95 bits per heavy atom.